The number of fused-ring (bicyclic) bond motifs is 1. The van der Waals surface area contributed by atoms with Gasteiger partial charge in [-0.25, -0.2) is 4.98 Å². The summed E-state index contributed by atoms with van der Waals surface area (Å²) in [7, 11) is 0. The van der Waals surface area contributed by atoms with Crippen LogP contribution in [0.5, 0.6) is 0 Å². The Bertz CT molecular complexity index is 1030. The van der Waals surface area contributed by atoms with Gasteiger partial charge in [0.1, 0.15) is 12.1 Å². The molecule has 2 aromatic heterocycles. The smallest absolute Gasteiger partial charge is 0.250 e. The van der Waals surface area contributed by atoms with Crippen molar-refractivity contribution >= 4 is 44.2 Å². The number of carbonyl (C=O) groups excluding carboxylic acids is 1. The van der Waals surface area contributed by atoms with Crippen molar-refractivity contribution in [2.24, 2.45) is 0 Å². The van der Waals surface area contributed by atoms with Gasteiger partial charge in [-0.05, 0) is 38.5 Å². The van der Waals surface area contributed by atoms with E-state index in [-0.39, 0.29) is 12.5 Å². The van der Waals surface area contributed by atoms with E-state index in [1.165, 1.54) is 11.3 Å². The summed E-state index contributed by atoms with van der Waals surface area (Å²) in [6, 6.07) is 7.70. The summed E-state index contributed by atoms with van der Waals surface area (Å²) in [6.07, 6.45) is 0.868. The van der Waals surface area contributed by atoms with Crippen LogP contribution >= 0.6 is 22.9 Å². The Balaban J connectivity index is 1.53. The number of aromatic nitrogens is 3. The normalized spacial score (nSPS) is 15.0. The first kappa shape index (κ1) is 21.2. The molecule has 0 bridgehead atoms. The molecule has 9 heteroatoms. The number of ether oxygens (including phenoxy) is 1. The minimum Gasteiger partial charge on any atom is -0.379 e. The zero-order valence-corrected chi connectivity index (χ0v) is 18.9. The zero-order valence-electron chi connectivity index (χ0n) is 17.3. The lowest BCUT2D eigenvalue weighted by Crippen LogP contribution is -2.40. The van der Waals surface area contributed by atoms with Crippen LogP contribution < -0.4 is 4.90 Å². The third-order valence-electron chi connectivity index (χ3n) is 5.24. The van der Waals surface area contributed by atoms with Gasteiger partial charge in [-0.3, -0.25) is 19.3 Å². The van der Waals surface area contributed by atoms with E-state index in [9.17, 15) is 4.79 Å². The van der Waals surface area contributed by atoms with E-state index in [2.05, 4.69) is 10.00 Å². The third kappa shape index (κ3) is 4.83. The Morgan fingerprint density at radius 1 is 1.30 bits per heavy atom. The maximum atomic E-state index is 13.3. The van der Waals surface area contributed by atoms with Gasteiger partial charge in [0, 0.05) is 31.9 Å². The Hall–Kier alpha value is -2.00. The number of carbonyl (C=O) groups is 1. The summed E-state index contributed by atoms with van der Waals surface area (Å²) >= 11 is 7.82. The minimum absolute atomic E-state index is 0.0154. The number of amides is 1. The van der Waals surface area contributed by atoms with Crippen molar-refractivity contribution in [3.8, 4) is 0 Å². The van der Waals surface area contributed by atoms with E-state index >= 15 is 0 Å². The van der Waals surface area contributed by atoms with Gasteiger partial charge in [-0.2, -0.15) is 5.10 Å². The van der Waals surface area contributed by atoms with Crippen molar-refractivity contribution in [3.63, 3.8) is 0 Å². The molecule has 0 atom stereocenters. The zero-order chi connectivity index (χ0) is 21.1. The molecular formula is C21H26ClN5O2S. The summed E-state index contributed by atoms with van der Waals surface area (Å²) in [6.45, 7) is 9.06. The average Bonchev–Trinajstić information content (AvgIpc) is 3.29. The molecule has 4 rings (SSSR count). The van der Waals surface area contributed by atoms with Gasteiger partial charge in [0.2, 0.25) is 0 Å². The molecule has 160 valence electrons. The number of aryl methyl sites for hydroxylation is 2. The molecule has 3 aromatic rings. The highest BCUT2D eigenvalue weighted by Gasteiger charge is 2.22. The SMILES string of the molecule is Cc1cc(C)n(CC(=O)N(CCCN2CCOCC2)c2nc3c(Cl)cccc3s2)n1. The van der Waals surface area contributed by atoms with Gasteiger partial charge < -0.3 is 4.74 Å². The van der Waals surface area contributed by atoms with Gasteiger partial charge >= 0.3 is 0 Å². The molecule has 3 heterocycles. The maximum absolute atomic E-state index is 13.3. The molecule has 1 aliphatic rings. The van der Waals surface area contributed by atoms with E-state index in [1.54, 1.807) is 9.58 Å². The second-order valence-corrected chi connectivity index (χ2v) is 8.94. The van der Waals surface area contributed by atoms with Crippen molar-refractivity contribution < 1.29 is 9.53 Å². The fourth-order valence-electron chi connectivity index (χ4n) is 3.67. The molecule has 0 radical (unpaired) electrons. The fourth-order valence-corrected chi connectivity index (χ4v) is 4.98. The standard InChI is InChI=1S/C21H26ClN5O2S/c1-15-13-16(2)27(24-15)14-19(28)26(8-4-7-25-9-11-29-12-10-25)21-23-20-17(22)5-3-6-18(20)30-21/h3,5-6,13H,4,7-12,14H2,1-2H3. The van der Waals surface area contributed by atoms with Crippen LogP contribution in [0.1, 0.15) is 17.8 Å². The van der Waals surface area contributed by atoms with Gasteiger partial charge in [-0.1, -0.05) is 29.0 Å². The number of thiazole rings is 1. The van der Waals surface area contributed by atoms with E-state index in [1.807, 2.05) is 38.1 Å². The van der Waals surface area contributed by atoms with E-state index in [0.717, 1.165) is 60.9 Å². The average molecular weight is 448 g/mol. The molecule has 0 unspecified atom stereocenters. The maximum Gasteiger partial charge on any atom is 0.250 e. The van der Waals surface area contributed by atoms with Crippen LogP contribution in [0.2, 0.25) is 5.02 Å². The summed E-state index contributed by atoms with van der Waals surface area (Å²) in [4.78, 5) is 22.1. The lowest BCUT2D eigenvalue weighted by molar-refractivity contribution is -0.119. The number of hydrogen-bond donors (Lipinski definition) is 0. The largest absolute Gasteiger partial charge is 0.379 e. The topological polar surface area (TPSA) is 63.5 Å². The molecular weight excluding hydrogens is 422 g/mol. The van der Waals surface area contributed by atoms with Gasteiger partial charge in [-0.15, -0.1) is 0 Å². The highest BCUT2D eigenvalue weighted by molar-refractivity contribution is 7.22. The molecule has 0 saturated carbocycles. The van der Waals surface area contributed by atoms with Crippen LogP contribution in [0.25, 0.3) is 10.2 Å². The summed E-state index contributed by atoms with van der Waals surface area (Å²) in [5.74, 6) is -0.0154. The lowest BCUT2D eigenvalue weighted by Gasteiger charge is -2.27. The molecule has 30 heavy (non-hydrogen) atoms. The fraction of sp³-hybridized carbons (Fsp3) is 0.476. The van der Waals surface area contributed by atoms with E-state index in [4.69, 9.17) is 21.3 Å². The number of hydrogen-bond acceptors (Lipinski definition) is 6. The molecule has 1 aliphatic heterocycles. The van der Waals surface area contributed by atoms with Crippen molar-refractivity contribution in [2.75, 3.05) is 44.3 Å². The molecule has 1 aromatic carbocycles. The molecule has 1 saturated heterocycles. The van der Waals surface area contributed by atoms with Crippen molar-refractivity contribution in [1.29, 1.82) is 0 Å². The van der Waals surface area contributed by atoms with Crippen molar-refractivity contribution in [2.45, 2.75) is 26.8 Å². The number of halogens is 1. The summed E-state index contributed by atoms with van der Waals surface area (Å²) in [5.41, 5.74) is 2.63. The van der Waals surface area contributed by atoms with Crippen molar-refractivity contribution in [3.05, 3.63) is 40.7 Å². The highest BCUT2D eigenvalue weighted by atomic mass is 35.5. The third-order valence-corrected chi connectivity index (χ3v) is 6.59. The first-order valence-electron chi connectivity index (χ1n) is 10.2. The Labute approximate surface area is 185 Å². The van der Waals surface area contributed by atoms with Crippen LogP contribution in [-0.4, -0.2) is 65.0 Å². The monoisotopic (exact) mass is 447 g/mol. The summed E-state index contributed by atoms with van der Waals surface area (Å²) in [5, 5.41) is 5.74. The predicted octanol–water partition coefficient (Wildman–Crippen LogP) is 3.52. The lowest BCUT2D eigenvalue weighted by atomic mass is 10.3. The van der Waals surface area contributed by atoms with Gasteiger partial charge in [0.25, 0.3) is 5.91 Å². The highest BCUT2D eigenvalue weighted by Crippen LogP contribution is 2.33. The molecule has 0 aliphatic carbocycles. The van der Waals surface area contributed by atoms with Crippen LogP contribution in [0.4, 0.5) is 5.13 Å². The Morgan fingerprint density at radius 3 is 2.80 bits per heavy atom. The number of para-hydroxylation sites is 1. The molecule has 1 fully saturated rings. The molecule has 0 N–H and O–H groups in total. The van der Waals surface area contributed by atoms with Crippen LogP contribution in [0, 0.1) is 13.8 Å². The number of rotatable bonds is 7. The number of nitrogens with zero attached hydrogens (tertiary/aromatic N) is 5. The van der Waals surface area contributed by atoms with Crippen molar-refractivity contribution in [1.82, 2.24) is 19.7 Å². The number of anilines is 1. The quantitative estimate of drug-likeness (QED) is 0.554. The first-order valence-corrected chi connectivity index (χ1v) is 11.4. The second kappa shape index (κ2) is 9.43. The molecule has 1 amide bonds. The van der Waals surface area contributed by atoms with Gasteiger partial charge in [0.15, 0.2) is 5.13 Å². The van der Waals surface area contributed by atoms with Gasteiger partial charge in [0.05, 0.1) is 28.6 Å². The molecule has 0 spiro atoms. The van der Waals surface area contributed by atoms with E-state index in [0.29, 0.717) is 16.7 Å². The minimum atomic E-state index is -0.0154. The Morgan fingerprint density at radius 2 is 2.10 bits per heavy atom. The van der Waals surface area contributed by atoms with Crippen LogP contribution in [0.3, 0.4) is 0 Å². The Kier molecular flexibility index (Phi) is 6.67. The first-order chi connectivity index (χ1) is 14.5. The number of morpholine rings is 1. The van der Waals surface area contributed by atoms with Crippen LogP contribution in [-0.2, 0) is 16.1 Å². The van der Waals surface area contributed by atoms with Crippen LogP contribution in [0.15, 0.2) is 24.3 Å². The second-order valence-electron chi connectivity index (χ2n) is 7.52. The van der Waals surface area contributed by atoms with E-state index < -0.39 is 0 Å². The predicted molar refractivity (Wildman–Crippen MR) is 121 cm³/mol. The summed E-state index contributed by atoms with van der Waals surface area (Å²) < 4.78 is 8.16. The number of benzene rings is 1. The molecule has 7 nitrogen and oxygen atoms in total.